The van der Waals surface area contributed by atoms with Crippen molar-refractivity contribution in [2.24, 2.45) is 5.92 Å². The van der Waals surface area contributed by atoms with Gasteiger partial charge in [0.2, 0.25) is 10.0 Å². The van der Waals surface area contributed by atoms with Crippen molar-refractivity contribution in [2.75, 3.05) is 25.5 Å². The fourth-order valence-electron chi connectivity index (χ4n) is 4.95. The van der Waals surface area contributed by atoms with Crippen LogP contribution in [-0.2, 0) is 10.0 Å². The number of allylic oxidation sites excluding steroid dienone is 2. The minimum atomic E-state index is -3.53. The quantitative estimate of drug-likeness (QED) is 0.544. The van der Waals surface area contributed by atoms with Crippen molar-refractivity contribution >= 4 is 15.7 Å². The Kier molecular flexibility index (Phi) is 6.49. The molecule has 0 bridgehead atoms. The molecular weight excluding hydrogens is 424 g/mol. The molecule has 1 heterocycles. The van der Waals surface area contributed by atoms with Gasteiger partial charge in [-0.25, -0.2) is 8.42 Å². The lowest BCUT2D eigenvalue weighted by atomic mass is 9.77. The molecule has 0 radical (unpaired) electrons. The van der Waals surface area contributed by atoms with Crippen LogP contribution in [0.2, 0.25) is 0 Å². The zero-order valence-electron chi connectivity index (χ0n) is 18.9. The third-order valence-corrected chi connectivity index (χ3v) is 8.38. The van der Waals surface area contributed by atoms with E-state index in [2.05, 4.69) is 17.5 Å². The highest BCUT2D eigenvalue weighted by molar-refractivity contribution is 7.89. The first-order valence-corrected chi connectivity index (χ1v) is 12.8. The van der Waals surface area contributed by atoms with E-state index in [0.29, 0.717) is 23.7 Å². The predicted octanol–water partition coefficient (Wildman–Crippen LogP) is 5.04. The molecule has 7 heteroatoms. The molecule has 0 spiro atoms. The number of hydrogen-bond donors (Lipinski definition) is 2. The largest absolute Gasteiger partial charge is 0.504 e. The van der Waals surface area contributed by atoms with Gasteiger partial charge in [-0.05, 0) is 66.6 Å². The van der Waals surface area contributed by atoms with Crippen molar-refractivity contribution in [2.45, 2.75) is 50.0 Å². The third kappa shape index (κ3) is 3.99. The molecule has 0 saturated heterocycles. The summed E-state index contributed by atoms with van der Waals surface area (Å²) in [6, 6.07) is 11.0. The Morgan fingerprint density at radius 1 is 1.12 bits per heavy atom. The van der Waals surface area contributed by atoms with Crippen molar-refractivity contribution in [1.82, 2.24) is 4.31 Å². The Labute approximate surface area is 191 Å². The van der Waals surface area contributed by atoms with Gasteiger partial charge < -0.3 is 15.2 Å². The van der Waals surface area contributed by atoms with Gasteiger partial charge in [-0.3, -0.25) is 0 Å². The van der Waals surface area contributed by atoms with Crippen LogP contribution in [0.1, 0.15) is 56.2 Å². The molecule has 3 unspecified atom stereocenters. The van der Waals surface area contributed by atoms with Crippen LogP contribution in [0.25, 0.3) is 0 Å². The van der Waals surface area contributed by atoms with Crippen LogP contribution < -0.4 is 10.1 Å². The van der Waals surface area contributed by atoms with Crippen LogP contribution in [-0.4, -0.2) is 38.0 Å². The van der Waals surface area contributed by atoms with E-state index in [0.717, 1.165) is 36.1 Å². The predicted molar refractivity (Wildman–Crippen MR) is 127 cm³/mol. The highest BCUT2D eigenvalue weighted by Crippen LogP contribution is 2.51. The summed E-state index contributed by atoms with van der Waals surface area (Å²) < 4.78 is 33.6. The van der Waals surface area contributed by atoms with E-state index in [1.807, 2.05) is 38.1 Å². The van der Waals surface area contributed by atoms with Crippen molar-refractivity contribution in [3.05, 3.63) is 59.7 Å². The zero-order valence-corrected chi connectivity index (χ0v) is 19.7. The molecule has 0 saturated carbocycles. The second kappa shape index (κ2) is 9.16. The lowest BCUT2D eigenvalue weighted by molar-refractivity contribution is 0.370. The normalized spacial score (nSPS) is 21.8. The first-order chi connectivity index (χ1) is 15.4. The van der Waals surface area contributed by atoms with Gasteiger partial charge in [0.25, 0.3) is 0 Å². The molecule has 4 rings (SSSR count). The Morgan fingerprint density at radius 3 is 2.56 bits per heavy atom. The van der Waals surface area contributed by atoms with Crippen LogP contribution in [0.4, 0.5) is 5.69 Å². The Hall–Kier alpha value is -2.51. The van der Waals surface area contributed by atoms with Crippen LogP contribution >= 0.6 is 0 Å². The van der Waals surface area contributed by atoms with Gasteiger partial charge >= 0.3 is 0 Å². The minimum absolute atomic E-state index is 0.0381. The molecule has 2 N–H and O–H groups in total. The summed E-state index contributed by atoms with van der Waals surface area (Å²) in [7, 11) is -1.98. The highest BCUT2D eigenvalue weighted by atomic mass is 32.2. The number of anilines is 1. The molecule has 0 aromatic heterocycles. The monoisotopic (exact) mass is 456 g/mol. The van der Waals surface area contributed by atoms with Gasteiger partial charge in [0.1, 0.15) is 0 Å². The van der Waals surface area contributed by atoms with E-state index < -0.39 is 10.0 Å². The van der Waals surface area contributed by atoms with Gasteiger partial charge in [-0.15, -0.1) is 0 Å². The van der Waals surface area contributed by atoms with Gasteiger partial charge in [0.15, 0.2) is 11.5 Å². The first kappa shape index (κ1) is 22.7. The minimum Gasteiger partial charge on any atom is -0.504 e. The molecule has 3 atom stereocenters. The summed E-state index contributed by atoms with van der Waals surface area (Å²) >= 11 is 0. The maximum atomic E-state index is 13.3. The number of aromatic hydroxyl groups is 1. The van der Waals surface area contributed by atoms with E-state index >= 15 is 0 Å². The van der Waals surface area contributed by atoms with E-state index in [1.165, 1.54) is 0 Å². The molecule has 6 nitrogen and oxygen atoms in total. The topological polar surface area (TPSA) is 78.9 Å². The molecule has 0 fully saturated rings. The van der Waals surface area contributed by atoms with Crippen molar-refractivity contribution < 1.29 is 18.3 Å². The van der Waals surface area contributed by atoms with Crippen LogP contribution in [0, 0.1) is 5.92 Å². The number of ether oxygens (including phenoxy) is 1. The number of hydrogen-bond acceptors (Lipinski definition) is 5. The van der Waals surface area contributed by atoms with Gasteiger partial charge in [-0.1, -0.05) is 32.1 Å². The summed E-state index contributed by atoms with van der Waals surface area (Å²) in [6.07, 6.45) is 6.85. The fourth-order valence-corrected chi connectivity index (χ4v) is 6.61. The molecule has 2 aromatic carbocycles. The maximum absolute atomic E-state index is 13.3. The Balaban J connectivity index is 1.71. The Bertz CT molecular complexity index is 1110. The highest BCUT2D eigenvalue weighted by Gasteiger charge is 2.39. The molecule has 1 aliphatic heterocycles. The smallest absolute Gasteiger partial charge is 0.243 e. The molecule has 0 amide bonds. The molecule has 172 valence electrons. The van der Waals surface area contributed by atoms with E-state index in [9.17, 15) is 13.5 Å². The molecule has 2 aromatic rings. The van der Waals surface area contributed by atoms with Crippen molar-refractivity contribution in [1.29, 1.82) is 0 Å². The van der Waals surface area contributed by atoms with Crippen LogP contribution in [0.3, 0.4) is 0 Å². The fraction of sp³-hybridized carbons (Fsp3) is 0.440. The molecule has 1 aliphatic carbocycles. The van der Waals surface area contributed by atoms with Crippen LogP contribution in [0.15, 0.2) is 53.4 Å². The number of phenolic OH excluding ortho intramolecular Hbond substituents is 1. The zero-order chi connectivity index (χ0) is 22.9. The SMILES string of the molecule is CCCN(CCC)S(=O)(=O)c1ccc2c(c1)C1C=CCC1C(c1ccc(O)c(OC)c1)N2. The number of nitrogens with one attached hydrogen (secondary N) is 1. The Morgan fingerprint density at radius 2 is 1.88 bits per heavy atom. The standard InChI is InChI=1S/C25H32N2O4S/c1-4-13-27(14-5-2)32(29,30)18-10-11-22-21(16-18)19-7-6-8-20(19)25(26-22)17-9-12-23(28)24(15-17)31-3/h6-7,9-12,15-16,19-20,25-26,28H,4-5,8,13-14H2,1-3H3. The third-order valence-electron chi connectivity index (χ3n) is 6.48. The van der Waals surface area contributed by atoms with Crippen LogP contribution in [0.5, 0.6) is 11.5 Å². The maximum Gasteiger partial charge on any atom is 0.243 e. The summed E-state index contributed by atoms with van der Waals surface area (Å²) in [5.41, 5.74) is 3.02. The van der Waals surface area contributed by atoms with Crippen molar-refractivity contribution in [3.8, 4) is 11.5 Å². The summed E-state index contributed by atoms with van der Waals surface area (Å²) in [6.45, 7) is 5.06. The average molecular weight is 457 g/mol. The number of fused-ring (bicyclic) bond motifs is 3. The number of methoxy groups -OCH3 is 1. The molecule has 32 heavy (non-hydrogen) atoms. The number of nitrogens with zero attached hydrogens (tertiary/aromatic N) is 1. The average Bonchev–Trinajstić information content (AvgIpc) is 3.29. The number of rotatable bonds is 8. The van der Waals surface area contributed by atoms with Gasteiger partial charge in [0, 0.05) is 24.7 Å². The second-order valence-corrected chi connectivity index (χ2v) is 10.5. The molecular formula is C25H32N2O4S. The van der Waals surface area contributed by atoms with Crippen molar-refractivity contribution in [3.63, 3.8) is 0 Å². The van der Waals surface area contributed by atoms with E-state index in [-0.39, 0.29) is 23.6 Å². The number of sulfonamides is 1. The summed E-state index contributed by atoms with van der Waals surface area (Å²) in [5.74, 6) is 0.965. The first-order valence-electron chi connectivity index (χ1n) is 11.3. The lowest BCUT2D eigenvalue weighted by Crippen LogP contribution is -2.33. The second-order valence-electron chi connectivity index (χ2n) is 8.56. The van der Waals surface area contributed by atoms with Gasteiger partial charge in [-0.2, -0.15) is 4.31 Å². The number of phenols is 1. The van der Waals surface area contributed by atoms with E-state index in [1.54, 1.807) is 23.5 Å². The summed E-state index contributed by atoms with van der Waals surface area (Å²) in [4.78, 5) is 0.365. The number of benzene rings is 2. The molecule has 2 aliphatic rings. The lowest BCUT2D eigenvalue weighted by Gasteiger charge is -2.38. The summed E-state index contributed by atoms with van der Waals surface area (Å²) in [5, 5.41) is 13.6. The van der Waals surface area contributed by atoms with Gasteiger partial charge in [0.05, 0.1) is 18.0 Å². The van der Waals surface area contributed by atoms with E-state index in [4.69, 9.17) is 4.74 Å².